The largest absolute Gasteiger partial charge is 0.457 e. The second-order valence-corrected chi connectivity index (χ2v) is 12.3. The number of benzene rings is 4. The predicted octanol–water partition coefficient (Wildman–Crippen LogP) is 8.55. The van der Waals surface area contributed by atoms with Crippen LogP contribution in [0.1, 0.15) is 48.4 Å². The van der Waals surface area contributed by atoms with E-state index in [0.717, 1.165) is 55.8 Å². The maximum absolute atomic E-state index is 12.5. The van der Waals surface area contributed by atoms with E-state index in [4.69, 9.17) is 4.74 Å². The summed E-state index contributed by atoms with van der Waals surface area (Å²) >= 11 is 0. The van der Waals surface area contributed by atoms with Gasteiger partial charge < -0.3 is 25.3 Å². The Hall–Kier alpha value is -5.30. The lowest BCUT2D eigenvalue weighted by Gasteiger charge is -2.08. The number of fused-ring (bicyclic) bond motifs is 2. The number of H-pyrrole nitrogens is 2. The molecule has 0 bridgehead atoms. The molecule has 4 aromatic carbocycles. The minimum absolute atomic E-state index is 0.0606. The molecule has 0 radical (unpaired) electrons. The fourth-order valence-corrected chi connectivity index (χ4v) is 5.19. The highest BCUT2D eigenvalue weighted by Crippen LogP contribution is 2.30. The average molecular weight is 599 g/mol. The lowest BCUT2D eigenvalue weighted by molar-refractivity contribution is 0.0941. The van der Waals surface area contributed by atoms with E-state index in [0.29, 0.717) is 36.1 Å². The number of ether oxygens (including phenoxy) is 1. The molecule has 0 aliphatic heterocycles. The summed E-state index contributed by atoms with van der Waals surface area (Å²) in [5.41, 5.74) is 7.14. The fourth-order valence-electron chi connectivity index (χ4n) is 5.19. The molecule has 6 aromatic rings. The van der Waals surface area contributed by atoms with Gasteiger partial charge in [-0.25, -0.2) is 0 Å². The van der Waals surface area contributed by atoms with Gasteiger partial charge in [-0.2, -0.15) is 0 Å². The minimum atomic E-state index is -0.0606. The van der Waals surface area contributed by atoms with Gasteiger partial charge in [0.25, 0.3) is 11.8 Å². The maximum atomic E-state index is 12.5. The van der Waals surface area contributed by atoms with Crippen molar-refractivity contribution in [1.29, 1.82) is 0 Å². The van der Waals surface area contributed by atoms with Crippen LogP contribution in [0.15, 0.2) is 97.1 Å². The molecule has 0 atom stereocenters. The van der Waals surface area contributed by atoms with Crippen LogP contribution < -0.4 is 15.4 Å². The Labute approximate surface area is 263 Å². The van der Waals surface area contributed by atoms with Crippen LogP contribution in [-0.4, -0.2) is 34.9 Å². The Bertz CT molecular complexity index is 1820. The Morgan fingerprint density at radius 1 is 0.578 bits per heavy atom. The highest BCUT2D eigenvalue weighted by Gasteiger charge is 2.12. The molecule has 0 fully saturated rings. The first-order valence-corrected chi connectivity index (χ1v) is 15.4. The lowest BCUT2D eigenvalue weighted by atomic mass is 10.1. The lowest BCUT2D eigenvalue weighted by Crippen LogP contribution is -2.27. The third-order valence-corrected chi connectivity index (χ3v) is 7.68. The van der Waals surface area contributed by atoms with Crippen molar-refractivity contribution in [3.8, 4) is 34.0 Å². The molecule has 0 spiro atoms. The summed E-state index contributed by atoms with van der Waals surface area (Å²) in [5, 5.41) is 8.05. The third kappa shape index (κ3) is 6.93. The molecular weight excluding hydrogens is 560 g/mol. The summed E-state index contributed by atoms with van der Waals surface area (Å²) in [6.45, 7) is 9.61. The van der Waals surface area contributed by atoms with Gasteiger partial charge in [0.05, 0.1) is 0 Å². The molecule has 0 saturated heterocycles. The molecule has 0 aliphatic carbocycles. The van der Waals surface area contributed by atoms with Gasteiger partial charge in [0.2, 0.25) is 0 Å². The predicted molar refractivity (Wildman–Crippen MR) is 182 cm³/mol. The van der Waals surface area contributed by atoms with Gasteiger partial charge in [-0.05, 0) is 108 Å². The number of hydrogen-bond acceptors (Lipinski definition) is 3. The molecule has 6 rings (SSSR count). The van der Waals surface area contributed by atoms with E-state index >= 15 is 0 Å². The van der Waals surface area contributed by atoms with E-state index in [1.54, 1.807) is 0 Å². The number of carbonyl (C=O) groups is 2. The van der Waals surface area contributed by atoms with Gasteiger partial charge in [-0.3, -0.25) is 9.59 Å². The van der Waals surface area contributed by atoms with Gasteiger partial charge in [0, 0.05) is 57.4 Å². The topological polar surface area (TPSA) is 99.0 Å². The van der Waals surface area contributed by atoms with Crippen LogP contribution >= 0.6 is 0 Å². The standard InChI is InChI=1S/C38H38N4O3/c1-23(2)21-39-37(43)29-7-5-27-17-33(41-35(27)19-29)25-9-13-31(14-10-25)45-32-15-11-26(12-16-32)34-18-28-6-8-30(20-36(28)42-34)38(44)40-22-24(3)4/h5-20,23-24,41-42H,21-22H2,1-4H3,(H,39,43)(H,40,44). The first-order valence-electron chi connectivity index (χ1n) is 15.4. The zero-order valence-corrected chi connectivity index (χ0v) is 26.0. The van der Waals surface area contributed by atoms with Crippen molar-refractivity contribution in [2.75, 3.05) is 13.1 Å². The number of aromatic amines is 2. The number of rotatable bonds is 10. The summed E-state index contributed by atoms with van der Waals surface area (Å²) in [6, 6.07) is 31.5. The summed E-state index contributed by atoms with van der Waals surface area (Å²) in [4.78, 5) is 31.9. The van der Waals surface area contributed by atoms with Gasteiger partial charge >= 0.3 is 0 Å². The molecule has 0 unspecified atom stereocenters. The molecule has 228 valence electrons. The van der Waals surface area contributed by atoms with Crippen LogP contribution in [0.4, 0.5) is 0 Å². The van der Waals surface area contributed by atoms with Gasteiger partial charge in [0.15, 0.2) is 0 Å². The van der Waals surface area contributed by atoms with E-state index in [-0.39, 0.29) is 11.8 Å². The number of carbonyl (C=O) groups excluding carboxylic acids is 2. The van der Waals surface area contributed by atoms with Crippen LogP contribution in [0, 0.1) is 11.8 Å². The number of aromatic nitrogens is 2. The van der Waals surface area contributed by atoms with E-state index in [9.17, 15) is 9.59 Å². The average Bonchev–Trinajstić information content (AvgIpc) is 3.67. The first-order chi connectivity index (χ1) is 21.7. The van der Waals surface area contributed by atoms with E-state index in [1.165, 1.54) is 0 Å². The molecule has 0 aliphatic rings. The highest BCUT2D eigenvalue weighted by atomic mass is 16.5. The monoisotopic (exact) mass is 598 g/mol. The Morgan fingerprint density at radius 3 is 1.36 bits per heavy atom. The maximum Gasteiger partial charge on any atom is 0.251 e. The van der Waals surface area contributed by atoms with E-state index in [2.05, 4.69) is 60.4 Å². The van der Waals surface area contributed by atoms with Gasteiger partial charge in [0.1, 0.15) is 11.5 Å². The summed E-state index contributed by atoms with van der Waals surface area (Å²) in [5.74, 6) is 2.15. The minimum Gasteiger partial charge on any atom is -0.457 e. The van der Waals surface area contributed by atoms with Crippen molar-refractivity contribution >= 4 is 33.6 Å². The molecule has 45 heavy (non-hydrogen) atoms. The fraction of sp³-hybridized carbons (Fsp3) is 0.211. The van der Waals surface area contributed by atoms with Gasteiger partial charge in [-0.1, -0.05) is 39.8 Å². The second kappa shape index (κ2) is 12.7. The number of hydrogen-bond donors (Lipinski definition) is 4. The highest BCUT2D eigenvalue weighted by molar-refractivity contribution is 5.99. The van der Waals surface area contributed by atoms with Crippen LogP contribution in [0.25, 0.3) is 44.3 Å². The van der Waals surface area contributed by atoms with Crippen molar-refractivity contribution in [1.82, 2.24) is 20.6 Å². The zero-order valence-electron chi connectivity index (χ0n) is 26.0. The van der Waals surface area contributed by atoms with Crippen LogP contribution in [0.3, 0.4) is 0 Å². The zero-order chi connectivity index (χ0) is 31.5. The SMILES string of the molecule is CC(C)CNC(=O)c1ccc2cc(-c3ccc(Oc4ccc(-c5cc6ccc(C(=O)NCC(C)C)cc6[nH]5)cc4)cc3)[nH]c2c1. The third-order valence-electron chi connectivity index (χ3n) is 7.68. The first kappa shape index (κ1) is 29.8. The van der Waals surface area contributed by atoms with Crippen molar-refractivity contribution in [2.24, 2.45) is 11.8 Å². The van der Waals surface area contributed by atoms with E-state index in [1.807, 2.05) is 84.9 Å². The summed E-state index contributed by atoms with van der Waals surface area (Å²) in [6.07, 6.45) is 0. The van der Waals surface area contributed by atoms with Crippen molar-refractivity contribution in [3.05, 3.63) is 108 Å². The number of nitrogens with one attached hydrogen (secondary N) is 4. The summed E-state index contributed by atoms with van der Waals surface area (Å²) in [7, 11) is 0. The quantitative estimate of drug-likeness (QED) is 0.127. The van der Waals surface area contributed by atoms with Crippen molar-refractivity contribution in [3.63, 3.8) is 0 Å². The Kier molecular flexibility index (Phi) is 8.43. The van der Waals surface area contributed by atoms with Crippen LogP contribution in [-0.2, 0) is 0 Å². The molecule has 0 saturated carbocycles. The van der Waals surface area contributed by atoms with E-state index < -0.39 is 0 Å². The molecule has 7 heteroatoms. The van der Waals surface area contributed by atoms with Crippen molar-refractivity contribution < 1.29 is 14.3 Å². The molecule has 4 N–H and O–H groups in total. The molecule has 2 amide bonds. The molecular formula is C38H38N4O3. The molecule has 2 heterocycles. The van der Waals surface area contributed by atoms with Crippen LogP contribution in [0.5, 0.6) is 11.5 Å². The molecule has 2 aromatic heterocycles. The summed E-state index contributed by atoms with van der Waals surface area (Å²) < 4.78 is 6.13. The smallest absolute Gasteiger partial charge is 0.251 e. The second-order valence-electron chi connectivity index (χ2n) is 12.3. The number of amides is 2. The normalized spacial score (nSPS) is 11.4. The molecule has 7 nitrogen and oxygen atoms in total. The Balaban J connectivity index is 1.11. The van der Waals surface area contributed by atoms with Gasteiger partial charge in [-0.15, -0.1) is 0 Å². The Morgan fingerprint density at radius 2 is 0.978 bits per heavy atom. The van der Waals surface area contributed by atoms with Crippen molar-refractivity contribution in [2.45, 2.75) is 27.7 Å². The van der Waals surface area contributed by atoms with Crippen LogP contribution in [0.2, 0.25) is 0 Å².